The summed E-state index contributed by atoms with van der Waals surface area (Å²) in [6.07, 6.45) is 4.31. The molecule has 1 saturated carbocycles. The maximum absolute atomic E-state index is 12.6. The molecule has 0 atom stereocenters. The molecule has 0 radical (unpaired) electrons. The van der Waals surface area contributed by atoms with Crippen LogP contribution < -0.4 is 5.32 Å². The van der Waals surface area contributed by atoms with E-state index in [1.807, 2.05) is 25.1 Å². The Labute approximate surface area is 133 Å². The molecule has 0 aliphatic heterocycles. The second-order valence-electron chi connectivity index (χ2n) is 5.33. The van der Waals surface area contributed by atoms with Crippen LogP contribution in [0.4, 0.5) is 0 Å². The lowest BCUT2D eigenvalue weighted by Crippen LogP contribution is -2.42. The van der Waals surface area contributed by atoms with Gasteiger partial charge in [-0.15, -0.1) is 0 Å². The Hall–Kier alpha value is -0.580. The third-order valence-electron chi connectivity index (χ3n) is 4.13. The Balaban J connectivity index is 2.07. The van der Waals surface area contributed by atoms with Crippen molar-refractivity contribution in [3.8, 4) is 0 Å². The molecule has 0 unspecified atom stereocenters. The summed E-state index contributed by atoms with van der Waals surface area (Å²) in [5.41, 5.74) is 0.569. The van der Waals surface area contributed by atoms with Gasteiger partial charge in [0.15, 0.2) is 0 Å². The molecule has 5 heteroatoms. The maximum Gasteiger partial charge on any atom is 0.255 e. The first kappa shape index (κ1) is 15.8. The van der Waals surface area contributed by atoms with Crippen LogP contribution >= 0.6 is 27.5 Å². The average molecular weight is 360 g/mol. The zero-order valence-electron chi connectivity index (χ0n) is 11.8. The average Bonchev–Trinajstić information content (AvgIpc) is 2.48. The molecule has 1 aliphatic carbocycles. The van der Waals surface area contributed by atoms with E-state index in [9.17, 15) is 4.79 Å². The minimum atomic E-state index is 0.00390. The summed E-state index contributed by atoms with van der Waals surface area (Å²) in [6.45, 7) is 0. The lowest BCUT2D eigenvalue weighted by Gasteiger charge is -2.34. The van der Waals surface area contributed by atoms with Gasteiger partial charge in [0, 0.05) is 23.6 Å². The molecule has 2 rings (SSSR count). The van der Waals surface area contributed by atoms with E-state index in [-0.39, 0.29) is 5.91 Å². The number of hydrogen-bond acceptors (Lipinski definition) is 2. The summed E-state index contributed by atoms with van der Waals surface area (Å²) in [5, 5.41) is 3.82. The van der Waals surface area contributed by atoms with E-state index >= 15 is 0 Å². The van der Waals surface area contributed by atoms with Crippen LogP contribution in [0.25, 0.3) is 0 Å². The third-order valence-corrected chi connectivity index (χ3v) is 4.95. The van der Waals surface area contributed by atoms with Gasteiger partial charge in [-0.2, -0.15) is 0 Å². The molecule has 0 bridgehead atoms. The third kappa shape index (κ3) is 3.54. The highest BCUT2D eigenvalue weighted by Crippen LogP contribution is 2.26. The van der Waals surface area contributed by atoms with Crippen LogP contribution in [0.2, 0.25) is 5.02 Å². The summed E-state index contributed by atoms with van der Waals surface area (Å²) in [6, 6.07) is 6.29. The van der Waals surface area contributed by atoms with Gasteiger partial charge < -0.3 is 10.2 Å². The van der Waals surface area contributed by atoms with Gasteiger partial charge in [0.1, 0.15) is 0 Å². The van der Waals surface area contributed by atoms with Crippen molar-refractivity contribution in [3.05, 3.63) is 33.3 Å². The smallest absolute Gasteiger partial charge is 0.255 e. The summed E-state index contributed by atoms with van der Waals surface area (Å²) < 4.78 is 0.873. The van der Waals surface area contributed by atoms with Crippen molar-refractivity contribution >= 4 is 33.4 Å². The number of carbonyl (C=O) groups is 1. The standard InChI is InChI=1S/C15H20BrClN2O/c1-18-11-4-6-12(7-5-11)19(2)15(20)13-9-10(16)3-8-14(13)17/h3,8-9,11-12,18H,4-7H2,1-2H3. The summed E-state index contributed by atoms with van der Waals surface area (Å²) in [4.78, 5) is 14.4. The molecule has 1 fully saturated rings. The van der Waals surface area contributed by atoms with Crippen LogP contribution in [0.15, 0.2) is 22.7 Å². The van der Waals surface area contributed by atoms with Crippen molar-refractivity contribution in [2.75, 3.05) is 14.1 Å². The predicted molar refractivity (Wildman–Crippen MR) is 86.3 cm³/mol. The van der Waals surface area contributed by atoms with E-state index in [0.29, 0.717) is 22.7 Å². The summed E-state index contributed by atoms with van der Waals surface area (Å²) in [5.74, 6) is 0.00390. The SMILES string of the molecule is CNC1CCC(N(C)C(=O)c2cc(Br)ccc2Cl)CC1. The molecule has 1 amide bonds. The van der Waals surface area contributed by atoms with E-state index in [2.05, 4.69) is 21.2 Å². The van der Waals surface area contributed by atoms with Gasteiger partial charge in [-0.05, 0) is 50.9 Å². The van der Waals surface area contributed by atoms with Crippen molar-refractivity contribution in [1.29, 1.82) is 0 Å². The summed E-state index contributed by atoms with van der Waals surface area (Å²) >= 11 is 9.53. The van der Waals surface area contributed by atoms with Gasteiger partial charge in [-0.1, -0.05) is 27.5 Å². The number of benzene rings is 1. The molecule has 0 heterocycles. The quantitative estimate of drug-likeness (QED) is 0.892. The fourth-order valence-electron chi connectivity index (χ4n) is 2.77. The van der Waals surface area contributed by atoms with Gasteiger partial charge >= 0.3 is 0 Å². The monoisotopic (exact) mass is 358 g/mol. The van der Waals surface area contributed by atoms with E-state index in [1.165, 1.54) is 0 Å². The van der Waals surface area contributed by atoms with Crippen molar-refractivity contribution in [1.82, 2.24) is 10.2 Å². The number of carbonyl (C=O) groups excluding carboxylic acids is 1. The van der Waals surface area contributed by atoms with Gasteiger partial charge in [-0.25, -0.2) is 0 Å². The molecule has 1 N–H and O–H groups in total. The van der Waals surface area contributed by atoms with Crippen LogP contribution in [0.5, 0.6) is 0 Å². The highest BCUT2D eigenvalue weighted by atomic mass is 79.9. The lowest BCUT2D eigenvalue weighted by molar-refractivity contribution is 0.0686. The number of amides is 1. The number of nitrogens with zero attached hydrogens (tertiary/aromatic N) is 1. The molecule has 0 spiro atoms. The van der Waals surface area contributed by atoms with Crippen LogP contribution in [0.3, 0.4) is 0 Å². The second kappa shape index (κ2) is 6.92. The van der Waals surface area contributed by atoms with E-state index in [1.54, 1.807) is 12.1 Å². The van der Waals surface area contributed by atoms with Gasteiger partial charge in [0.25, 0.3) is 5.91 Å². The topological polar surface area (TPSA) is 32.3 Å². The first-order valence-electron chi connectivity index (χ1n) is 6.92. The highest BCUT2D eigenvalue weighted by Gasteiger charge is 2.27. The first-order chi connectivity index (χ1) is 9.52. The predicted octanol–water partition coefficient (Wildman–Crippen LogP) is 3.71. The van der Waals surface area contributed by atoms with Crippen LogP contribution in [0.1, 0.15) is 36.0 Å². The lowest BCUT2D eigenvalue weighted by atomic mass is 9.90. The fourth-order valence-corrected chi connectivity index (χ4v) is 3.33. The largest absolute Gasteiger partial charge is 0.339 e. The second-order valence-corrected chi connectivity index (χ2v) is 6.66. The molecular weight excluding hydrogens is 340 g/mol. The zero-order chi connectivity index (χ0) is 14.7. The minimum Gasteiger partial charge on any atom is -0.339 e. The normalized spacial score (nSPS) is 22.6. The minimum absolute atomic E-state index is 0.00390. The van der Waals surface area contributed by atoms with Crippen molar-refractivity contribution < 1.29 is 4.79 Å². The summed E-state index contributed by atoms with van der Waals surface area (Å²) in [7, 11) is 3.88. The number of rotatable bonds is 3. The van der Waals surface area contributed by atoms with Gasteiger partial charge in [0.2, 0.25) is 0 Å². The molecule has 1 aromatic carbocycles. The molecule has 0 aromatic heterocycles. The van der Waals surface area contributed by atoms with Gasteiger partial charge in [0.05, 0.1) is 10.6 Å². The molecular formula is C15H20BrClN2O. The number of hydrogen-bond donors (Lipinski definition) is 1. The van der Waals surface area contributed by atoms with E-state index < -0.39 is 0 Å². The molecule has 20 heavy (non-hydrogen) atoms. The van der Waals surface area contributed by atoms with Crippen molar-refractivity contribution in [3.63, 3.8) is 0 Å². The number of halogens is 2. The Morgan fingerprint density at radius 3 is 2.60 bits per heavy atom. The first-order valence-corrected chi connectivity index (χ1v) is 8.09. The Kier molecular flexibility index (Phi) is 5.47. The molecule has 1 aromatic rings. The Bertz CT molecular complexity index is 487. The molecule has 3 nitrogen and oxygen atoms in total. The van der Waals surface area contributed by atoms with Crippen LogP contribution in [0, 0.1) is 0 Å². The number of nitrogens with one attached hydrogen (secondary N) is 1. The van der Waals surface area contributed by atoms with E-state index in [4.69, 9.17) is 11.6 Å². The van der Waals surface area contributed by atoms with Crippen LogP contribution in [-0.4, -0.2) is 37.0 Å². The molecule has 0 saturated heterocycles. The van der Waals surface area contributed by atoms with Crippen LogP contribution in [-0.2, 0) is 0 Å². The Morgan fingerprint density at radius 2 is 2.00 bits per heavy atom. The highest BCUT2D eigenvalue weighted by molar-refractivity contribution is 9.10. The molecule has 110 valence electrons. The zero-order valence-corrected chi connectivity index (χ0v) is 14.2. The van der Waals surface area contributed by atoms with Gasteiger partial charge in [-0.3, -0.25) is 4.79 Å². The van der Waals surface area contributed by atoms with Crippen molar-refractivity contribution in [2.24, 2.45) is 0 Å². The fraction of sp³-hybridized carbons (Fsp3) is 0.533. The molecule has 1 aliphatic rings. The maximum atomic E-state index is 12.6. The Morgan fingerprint density at radius 1 is 1.35 bits per heavy atom. The van der Waals surface area contributed by atoms with Crippen molar-refractivity contribution in [2.45, 2.75) is 37.8 Å². The van der Waals surface area contributed by atoms with E-state index in [0.717, 1.165) is 30.2 Å².